The largest absolute Gasteiger partial charge is 0.395 e. The number of rotatable bonds is 4. The van der Waals surface area contributed by atoms with Crippen molar-refractivity contribution in [1.82, 2.24) is 5.32 Å². The van der Waals surface area contributed by atoms with Gasteiger partial charge in [-0.1, -0.05) is 12.1 Å². The molecule has 4 nitrogen and oxygen atoms in total. The van der Waals surface area contributed by atoms with Crippen molar-refractivity contribution in [2.24, 2.45) is 0 Å². The van der Waals surface area contributed by atoms with Gasteiger partial charge in [-0.2, -0.15) is 5.26 Å². The summed E-state index contributed by atoms with van der Waals surface area (Å²) in [5, 5.41) is 21.6. The van der Waals surface area contributed by atoms with Crippen molar-refractivity contribution in [1.29, 1.82) is 5.26 Å². The first-order valence-electron chi connectivity index (χ1n) is 4.33. The van der Waals surface area contributed by atoms with Gasteiger partial charge in [0.2, 0.25) is 0 Å². The van der Waals surface area contributed by atoms with Crippen LogP contribution in [0.3, 0.4) is 0 Å². The summed E-state index contributed by atoms with van der Waals surface area (Å²) in [6, 6.07) is 6.85. The first-order valence-corrected chi connectivity index (χ1v) is 5.15. The molecule has 5 heteroatoms. The molecule has 0 heterocycles. The van der Waals surface area contributed by atoms with E-state index in [0.717, 1.165) is 11.8 Å². The maximum Gasteiger partial charge on any atom is 0.252 e. The lowest BCUT2D eigenvalue weighted by atomic mass is 10.2. The number of nitrogens with zero attached hydrogens (tertiary/aromatic N) is 1. The molecule has 0 fully saturated rings. The molecule has 0 spiro atoms. The molecule has 0 saturated heterocycles. The number of aliphatic hydroxyl groups is 1. The molecule has 78 valence electrons. The van der Waals surface area contributed by atoms with Gasteiger partial charge < -0.3 is 10.4 Å². The van der Waals surface area contributed by atoms with Crippen molar-refractivity contribution >= 4 is 17.7 Å². The van der Waals surface area contributed by atoms with Crippen LogP contribution >= 0.6 is 11.8 Å². The predicted molar refractivity (Wildman–Crippen MR) is 57.3 cm³/mol. The minimum absolute atomic E-state index is 0.0979. The lowest BCUT2D eigenvalue weighted by Gasteiger charge is -2.05. The molecule has 0 aliphatic rings. The highest BCUT2D eigenvalue weighted by atomic mass is 32.2. The van der Waals surface area contributed by atoms with E-state index in [0.29, 0.717) is 10.5 Å². The molecule has 0 bridgehead atoms. The highest BCUT2D eigenvalue weighted by molar-refractivity contribution is 8.03. The zero-order chi connectivity index (χ0) is 11.1. The topological polar surface area (TPSA) is 73.1 Å². The molecular weight excluding hydrogens is 212 g/mol. The molecule has 0 unspecified atom stereocenters. The molecular formula is C10H10N2O2S. The van der Waals surface area contributed by atoms with Crippen LogP contribution in [0, 0.1) is 10.7 Å². The Kier molecular flexibility index (Phi) is 4.68. The van der Waals surface area contributed by atoms with Crippen LogP contribution in [0.25, 0.3) is 0 Å². The van der Waals surface area contributed by atoms with Crippen LogP contribution in [0.5, 0.6) is 0 Å². The average Bonchev–Trinajstić information content (AvgIpc) is 2.27. The lowest BCUT2D eigenvalue weighted by molar-refractivity contribution is 0.0942. The maximum atomic E-state index is 11.6. The fraction of sp³-hybridized carbons (Fsp3) is 0.200. The summed E-state index contributed by atoms with van der Waals surface area (Å²) < 4.78 is 0. The Morgan fingerprint density at radius 2 is 2.27 bits per heavy atom. The van der Waals surface area contributed by atoms with Gasteiger partial charge >= 0.3 is 0 Å². The summed E-state index contributed by atoms with van der Waals surface area (Å²) in [6.45, 7) is 0.115. The summed E-state index contributed by atoms with van der Waals surface area (Å²) in [7, 11) is 0. The first-order chi connectivity index (χ1) is 7.29. The second-order valence-electron chi connectivity index (χ2n) is 2.67. The van der Waals surface area contributed by atoms with E-state index in [1.54, 1.807) is 24.3 Å². The SMILES string of the molecule is N#CSc1ccccc1C(=O)NCCO. The third kappa shape index (κ3) is 3.27. The standard InChI is InChI=1S/C10H10N2O2S/c11-7-15-9-4-2-1-3-8(9)10(14)12-5-6-13/h1-4,13H,5-6H2,(H,12,14). The number of amides is 1. The van der Waals surface area contributed by atoms with Gasteiger partial charge in [-0.05, 0) is 23.9 Å². The molecule has 1 amide bonds. The van der Waals surface area contributed by atoms with Crippen molar-refractivity contribution in [3.8, 4) is 5.40 Å². The van der Waals surface area contributed by atoms with Crippen molar-refractivity contribution in [2.75, 3.05) is 13.2 Å². The molecule has 0 aromatic heterocycles. The third-order valence-electron chi connectivity index (χ3n) is 1.68. The highest BCUT2D eigenvalue weighted by Gasteiger charge is 2.09. The number of thiocyanates is 1. The Balaban J connectivity index is 2.83. The van der Waals surface area contributed by atoms with Gasteiger partial charge in [0.05, 0.1) is 12.2 Å². The molecule has 0 atom stereocenters. The Hall–Kier alpha value is -1.51. The minimum atomic E-state index is -0.276. The molecule has 0 aliphatic carbocycles. The van der Waals surface area contributed by atoms with Crippen LogP contribution in [-0.2, 0) is 0 Å². The Morgan fingerprint density at radius 3 is 2.93 bits per heavy atom. The van der Waals surface area contributed by atoms with Crippen LogP contribution in [0.2, 0.25) is 0 Å². The molecule has 0 aliphatic heterocycles. The second-order valence-corrected chi connectivity index (χ2v) is 3.50. The number of benzene rings is 1. The van der Waals surface area contributed by atoms with Crippen LogP contribution in [0.4, 0.5) is 0 Å². The van der Waals surface area contributed by atoms with Crippen molar-refractivity contribution in [3.63, 3.8) is 0 Å². The van der Waals surface area contributed by atoms with Crippen LogP contribution in [0.1, 0.15) is 10.4 Å². The van der Waals surface area contributed by atoms with Crippen LogP contribution in [-0.4, -0.2) is 24.2 Å². The number of carbonyl (C=O) groups is 1. The summed E-state index contributed by atoms with van der Waals surface area (Å²) >= 11 is 0.946. The lowest BCUT2D eigenvalue weighted by Crippen LogP contribution is -2.26. The zero-order valence-corrected chi connectivity index (χ0v) is 8.75. The van der Waals surface area contributed by atoms with Crippen LogP contribution < -0.4 is 5.32 Å². The monoisotopic (exact) mass is 222 g/mol. The van der Waals surface area contributed by atoms with Crippen molar-refractivity contribution in [3.05, 3.63) is 29.8 Å². The van der Waals surface area contributed by atoms with E-state index in [2.05, 4.69) is 5.32 Å². The quantitative estimate of drug-likeness (QED) is 0.588. The number of nitrogens with one attached hydrogen (secondary N) is 1. The number of thioether (sulfide) groups is 1. The fourth-order valence-corrected chi connectivity index (χ4v) is 1.57. The van der Waals surface area contributed by atoms with Gasteiger partial charge in [-0.15, -0.1) is 0 Å². The molecule has 15 heavy (non-hydrogen) atoms. The van der Waals surface area contributed by atoms with E-state index in [1.165, 1.54) is 0 Å². The first kappa shape index (κ1) is 11.6. The summed E-state index contributed by atoms with van der Waals surface area (Å²) in [5.41, 5.74) is 0.456. The number of carbonyl (C=O) groups excluding carboxylic acids is 1. The van der Waals surface area contributed by atoms with E-state index >= 15 is 0 Å². The average molecular weight is 222 g/mol. The van der Waals surface area contributed by atoms with E-state index in [-0.39, 0.29) is 19.1 Å². The molecule has 1 rings (SSSR count). The van der Waals surface area contributed by atoms with E-state index in [1.807, 2.05) is 5.40 Å². The van der Waals surface area contributed by atoms with Gasteiger partial charge in [-0.25, -0.2) is 0 Å². The molecule has 1 aromatic carbocycles. The Labute approximate surface area is 91.9 Å². The number of hydrogen-bond donors (Lipinski definition) is 2. The number of aliphatic hydroxyl groups excluding tert-OH is 1. The van der Waals surface area contributed by atoms with Crippen LogP contribution in [0.15, 0.2) is 29.2 Å². The summed E-state index contributed by atoms with van der Waals surface area (Å²) in [5.74, 6) is -0.276. The Morgan fingerprint density at radius 1 is 1.53 bits per heavy atom. The van der Waals surface area contributed by atoms with E-state index in [9.17, 15) is 4.79 Å². The van der Waals surface area contributed by atoms with Gasteiger partial charge in [0.1, 0.15) is 5.40 Å². The number of nitriles is 1. The molecule has 1 aromatic rings. The summed E-state index contributed by atoms with van der Waals surface area (Å²) in [6.07, 6.45) is 0. The summed E-state index contributed by atoms with van der Waals surface area (Å²) in [4.78, 5) is 12.2. The second kappa shape index (κ2) is 6.06. The van der Waals surface area contributed by atoms with Gasteiger partial charge in [0.25, 0.3) is 5.91 Å². The molecule has 2 N–H and O–H groups in total. The molecule has 0 radical (unpaired) electrons. The number of hydrogen-bond acceptors (Lipinski definition) is 4. The minimum Gasteiger partial charge on any atom is -0.395 e. The van der Waals surface area contributed by atoms with Gasteiger partial charge in [0.15, 0.2) is 0 Å². The van der Waals surface area contributed by atoms with E-state index < -0.39 is 0 Å². The fourth-order valence-electron chi connectivity index (χ4n) is 1.06. The predicted octanol–water partition coefficient (Wildman–Crippen LogP) is 0.982. The maximum absolute atomic E-state index is 11.6. The zero-order valence-electron chi connectivity index (χ0n) is 7.93. The van der Waals surface area contributed by atoms with Crippen molar-refractivity contribution in [2.45, 2.75) is 4.90 Å². The van der Waals surface area contributed by atoms with Gasteiger partial charge in [-0.3, -0.25) is 4.79 Å². The third-order valence-corrected chi connectivity index (χ3v) is 2.35. The normalized spacial score (nSPS) is 9.33. The highest BCUT2D eigenvalue weighted by Crippen LogP contribution is 2.21. The molecule has 0 saturated carbocycles. The Bertz CT molecular complexity index is 387. The van der Waals surface area contributed by atoms with E-state index in [4.69, 9.17) is 10.4 Å². The smallest absolute Gasteiger partial charge is 0.252 e. The van der Waals surface area contributed by atoms with Gasteiger partial charge in [0, 0.05) is 11.4 Å². The van der Waals surface area contributed by atoms with Crippen molar-refractivity contribution < 1.29 is 9.90 Å².